The van der Waals surface area contributed by atoms with Crippen molar-refractivity contribution in [1.29, 1.82) is 0 Å². The number of hydrogen-bond acceptors (Lipinski definition) is 4. The lowest BCUT2D eigenvalue weighted by molar-refractivity contribution is 0.304. The van der Waals surface area contributed by atoms with Gasteiger partial charge in [-0.05, 0) is 27.1 Å². The zero-order chi connectivity index (χ0) is 11.9. The Morgan fingerprint density at radius 3 is 2.47 bits per heavy atom. The number of nitrogens with one attached hydrogen (secondary N) is 1. The number of hydrogen-bond donors (Lipinski definition) is 3. The molecular formula is C10H24N4O. The van der Waals surface area contributed by atoms with E-state index in [-0.39, 0.29) is 11.3 Å². The number of amidine groups is 1. The molecule has 0 heterocycles. The number of nitrogens with zero attached hydrogens (tertiary/aromatic N) is 2. The van der Waals surface area contributed by atoms with Gasteiger partial charge in [-0.15, -0.1) is 0 Å². The van der Waals surface area contributed by atoms with Crippen LogP contribution in [0.2, 0.25) is 0 Å². The Kier molecular flexibility index (Phi) is 6.27. The Balaban J connectivity index is 3.67. The van der Waals surface area contributed by atoms with E-state index in [4.69, 9.17) is 10.9 Å². The summed E-state index contributed by atoms with van der Waals surface area (Å²) >= 11 is 0. The molecule has 0 saturated heterocycles. The number of nitrogens with two attached hydrogens (primary N) is 1. The highest BCUT2D eigenvalue weighted by Gasteiger charge is 2.22. The average molecular weight is 216 g/mol. The predicted molar refractivity (Wildman–Crippen MR) is 63.2 cm³/mol. The summed E-state index contributed by atoms with van der Waals surface area (Å²) in [5.41, 5.74) is 5.33. The molecule has 15 heavy (non-hydrogen) atoms. The monoisotopic (exact) mass is 216 g/mol. The molecule has 0 spiro atoms. The fourth-order valence-corrected chi connectivity index (χ4v) is 1.09. The largest absolute Gasteiger partial charge is 0.409 e. The molecule has 0 unspecified atom stereocenters. The van der Waals surface area contributed by atoms with Gasteiger partial charge in [0.2, 0.25) is 0 Å². The summed E-state index contributed by atoms with van der Waals surface area (Å²) in [6.07, 6.45) is 0.857. The van der Waals surface area contributed by atoms with Crippen molar-refractivity contribution < 1.29 is 5.21 Å². The molecule has 90 valence electrons. The van der Waals surface area contributed by atoms with Gasteiger partial charge in [0.1, 0.15) is 5.84 Å². The van der Waals surface area contributed by atoms with Crippen molar-refractivity contribution in [2.45, 2.75) is 20.3 Å². The lowest BCUT2D eigenvalue weighted by Gasteiger charge is -2.23. The smallest absolute Gasteiger partial charge is 0.144 e. The average Bonchev–Trinajstić information content (AvgIpc) is 2.15. The van der Waals surface area contributed by atoms with Crippen molar-refractivity contribution in [3.8, 4) is 0 Å². The molecule has 5 heteroatoms. The van der Waals surface area contributed by atoms with E-state index in [0.29, 0.717) is 0 Å². The van der Waals surface area contributed by atoms with Gasteiger partial charge in [-0.1, -0.05) is 19.0 Å². The minimum atomic E-state index is -0.250. The van der Waals surface area contributed by atoms with E-state index < -0.39 is 0 Å². The number of rotatable bonds is 7. The molecule has 0 saturated carbocycles. The topological polar surface area (TPSA) is 73.9 Å². The molecule has 0 aliphatic carbocycles. The minimum absolute atomic E-state index is 0.250. The van der Waals surface area contributed by atoms with Crippen molar-refractivity contribution in [2.75, 3.05) is 33.7 Å². The first kappa shape index (κ1) is 14.2. The molecule has 0 aliphatic heterocycles. The molecule has 0 aliphatic rings. The van der Waals surface area contributed by atoms with E-state index in [2.05, 4.69) is 15.4 Å². The number of likely N-dealkylation sites (N-methyl/N-ethyl adjacent to an activating group) is 1. The Morgan fingerprint density at radius 2 is 2.00 bits per heavy atom. The van der Waals surface area contributed by atoms with E-state index in [9.17, 15) is 0 Å². The molecule has 5 nitrogen and oxygen atoms in total. The number of oxime groups is 1. The summed E-state index contributed by atoms with van der Waals surface area (Å²) in [4.78, 5) is 2.13. The van der Waals surface area contributed by atoms with Crippen molar-refractivity contribution in [1.82, 2.24) is 10.2 Å². The summed E-state index contributed by atoms with van der Waals surface area (Å²) in [6.45, 7) is 6.78. The quantitative estimate of drug-likeness (QED) is 0.188. The molecule has 0 aromatic heterocycles. The van der Waals surface area contributed by atoms with Crippen molar-refractivity contribution in [2.24, 2.45) is 16.3 Å². The molecular weight excluding hydrogens is 192 g/mol. The normalized spacial score (nSPS) is 13.5. The summed E-state index contributed by atoms with van der Waals surface area (Å²) in [7, 11) is 4.09. The molecule has 4 N–H and O–H groups in total. The molecule has 0 bridgehead atoms. The van der Waals surface area contributed by atoms with Crippen LogP contribution < -0.4 is 11.1 Å². The second-order valence-electron chi connectivity index (χ2n) is 4.67. The zero-order valence-electron chi connectivity index (χ0n) is 10.2. The van der Waals surface area contributed by atoms with E-state index in [0.717, 1.165) is 26.1 Å². The Labute approximate surface area is 92.3 Å². The van der Waals surface area contributed by atoms with Crippen LogP contribution in [-0.4, -0.2) is 49.7 Å². The molecule has 0 rings (SSSR count). The van der Waals surface area contributed by atoms with Crippen LogP contribution in [0.5, 0.6) is 0 Å². The highest BCUT2D eigenvalue weighted by atomic mass is 16.4. The van der Waals surface area contributed by atoms with Crippen molar-refractivity contribution in [3.63, 3.8) is 0 Å². The fraction of sp³-hybridized carbons (Fsp3) is 0.900. The summed E-state index contributed by atoms with van der Waals surface area (Å²) in [5.74, 6) is 0.289. The van der Waals surface area contributed by atoms with E-state index >= 15 is 0 Å². The standard InChI is InChI=1S/C10H24N4O/c1-10(2,9(11)13-15)5-6-12-7-8-14(3)4/h12,15H,5-8H2,1-4H3,(H2,11,13). The minimum Gasteiger partial charge on any atom is -0.409 e. The first-order valence-electron chi connectivity index (χ1n) is 5.23. The van der Waals surface area contributed by atoms with Gasteiger partial charge >= 0.3 is 0 Å². The van der Waals surface area contributed by atoms with Crippen LogP contribution in [0.3, 0.4) is 0 Å². The summed E-state index contributed by atoms with van der Waals surface area (Å²) in [5, 5.41) is 14.9. The highest BCUT2D eigenvalue weighted by molar-refractivity contribution is 5.85. The summed E-state index contributed by atoms with van der Waals surface area (Å²) < 4.78 is 0. The second kappa shape index (κ2) is 6.63. The lowest BCUT2D eigenvalue weighted by atomic mass is 9.88. The van der Waals surface area contributed by atoms with Crippen LogP contribution in [0.4, 0.5) is 0 Å². The molecule has 0 amide bonds. The zero-order valence-corrected chi connectivity index (χ0v) is 10.2. The third-order valence-corrected chi connectivity index (χ3v) is 2.46. The van der Waals surface area contributed by atoms with Crippen LogP contribution in [0, 0.1) is 5.41 Å². The maximum Gasteiger partial charge on any atom is 0.144 e. The van der Waals surface area contributed by atoms with E-state index in [1.54, 1.807) is 0 Å². The predicted octanol–water partition coefficient (Wildman–Crippen LogP) is 0.300. The Hall–Kier alpha value is -0.810. The summed E-state index contributed by atoms with van der Waals surface area (Å²) in [6, 6.07) is 0. The van der Waals surface area contributed by atoms with Gasteiger partial charge < -0.3 is 21.2 Å². The first-order chi connectivity index (χ1) is 6.90. The maximum absolute atomic E-state index is 8.58. The van der Waals surface area contributed by atoms with Crippen LogP contribution in [0.15, 0.2) is 5.16 Å². The molecule has 0 atom stereocenters. The van der Waals surface area contributed by atoms with Gasteiger partial charge in [0.05, 0.1) is 0 Å². The van der Waals surface area contributed by atoms with Gasteiger partial charge in [0.25, 0.3) is 0 Å². The second-order valence-corrected chi connectivity index (χ2v) is 4.67. The van der Waals surface area contributed by atoms with Gasteiger partial charge in [-0.25, -0.2) is 0 Å². The van der Waals surface area contributed by atoms with Gasteiger partial charge in [0.15, 0.2) is 0 Å². The molecule has 0 aromatic carbocycles. The van der Waals surface area contributed by atoms with Gasteiger partial charge in [-0.2, -0.15) is 0 Å². The third-order valence-electron chi connectivity index (χ3n) is 2.46. The fourth-order valence-electron chi connectivity index (χ4n) is 1.09. The van der Waals surface area contributed by atoms with Crippen LogP contribution >= 0.6 is 0 Å². The van der Waals surface area contributed by atoms with E-state index in [1.165, 1.54) is 0 Å². The highest BCUT2D eigenvalue weighted by Crippen LogP contribution is 2.19. The maximum atomic E-state index is 8.58. The van der Waals surface area contributed by atoms with Crippen LogP contribution in [0.1, 0.15) is 20.3 Å². The Morgan fingerprint density at radius 1 is 1.40 bits per heavy atom. The molecule has 0 fully saturated rings. The molecule has 0 radical (unpaired) electrons. The van der Waals surface area contributed by atoms with Gasteiger partial charge in [-0.3, -0.25) is 0 Å². The lowest BCUT2D eigenvalue weighted by Crippen LogP contribution is -2.36. The molecule has 0 aromatic rings. The van der Waals surface area contributed by atoms with Crippen LogP contribution in [0.25, 0.3) is 0 Å². The third kappa shape index (κ3) is 6.30. The SMILES string of the molecule is CN(C)CCNCCC(C)(C)C(N)=NO. The Bertz CT molecular complexity index is 202. The first-order valence-corrected chi connectivity index (χ1v) is 5.23. The van der Waals surface area contributed by atoms with Gasteiger partial charge in [0, 0.05) is 18.5 Å². The van der Waals surface area contributed by atoms with Crippen molar-refractivity contribution in [3.05, 3.63) is 0 Å². The van der Waals surface area contributed by atoms with Crippen molar-refractivity contribution >= 4 is 5.84 Å². The van der Waals surface area contributed by atoms with Crippen LogP contribution in [-0.2, 0) is 0 Å². The van der Waals surface area contributed by atoms with E-state index in [1.807, 2.05) is 27.9 Å².